The number of carbonyl (C=O) groups excluding carboxylic acids is 1. The lowest BCUT2D eigenvalue weighted by atomic mass is 10.1. The van der Waals surface area contributed by atoms with E-state index in [1.807, 2.05) is 4.90 Å². The number of halogens is 1. The number of nitrogens with zero attached hydrogens (tertiary/aromatic N) is 4. The van der Waals surface area contributed by atoms with E-state index in [1.54, 1.807) is 53.4 Å². The van der Waals surface area contributed by atoms with Crippen molar-refractivity contribution >= 4 is 11.8 Å². The minimum Gasteiger partial charge on any atom is -0.489 e. The average molecular weight is 472 g/mol. The lowest BCUT2D eigenvalue weighted by Gasteiger charge is -2.34. The molecule has 0 atom stereocenters. The molecule has 0 aliphatic carbocycles. The molecule has 3 heterocycles. The SMILES string of the molecule is N#Cc1nc(-c2ccco2)oc1N1CCN(C(=O)c2cccc(OCc3ccc(F)cc3)c2)CC1. The monoisotopic (exact) mass is 472 g/mol. The second-order valence-electron chi connectivity index (χ2n) is 7.98. The van der Waals surface area contributed by atoms with Crippen LogP contribution in [0.2, 0.25) is 0 Å². The van der Waals surface area contributed by atoms with E-state index in [0.717, 1.165) is 5.56 Å². The molecule has 8 nitrogen and oxygen atoms in total. The number of hydrogen-bond donors (Lipinski definition) is 0. The zero-order valence-electron chi connectivity index (χ0n) is 18.7. The molecule has 1 fully saturated rings. The third-order valence-corrected chi connectivity index (χ3v) is 5.70. The van der Waals surface area contributed by atoms with Crippen LogP contribution in [-0.2, 0) is 6.61 Å². The van der Waals surface area contributed by atoms with Gasteiger partial charge in [-0.05, 0) is 48.0 Å². The smallest absolute Gasteiger partial charge is 0.266 e. The maximum absolute atomic E-state index is 13.1. The summed E-state index contributed by atoms with van der Waals surface area (Å²) in [4.78, 5) is 21.0. The number of anilines is 1. The maximum Gasteiger partial charge on any atom is 0.266 e. The van der Waals surface area contributed by atoms with Gasteiger partial charge in [-0.3, -0.25) is 4.79 Å². The number of amides is 1. The van der Waals surface area contributed by atoms with E-state index < -0.39 is 0 Å². The fourth-order valence-corrected chi connectivity index (χ4v) is 3.87. The van der Waals surface area contributed by atoms with E-state index >= 15 is 0 Å². The van der Waals surface area contributed by atoms with Gasteiger partial charge in [0, 0.05) is 31.7 Å². The lowest BCUT2D eigenvalue weighted by molar-refractivity contribution is 0.0745. The predicted molar refractivity (Wildman–Crippen MR) is 124 cm³/mol. The quantitative estimate of drug-likeness (QED) is 0.408. The molecule has 35 heavy (non-hydrogen) atoms. The molecule has 0 bridgehead atoms. The first kappa shape index (κ1) is 22.2. The number of rotatable bonds is 6. The summed E-state index contributed by atoms with van der Waals surface area (Å²) in [5, 5.41) is 9.48. The van der Waals surface area contributed by atoms with Gasteiger partial charge in [-0.25, -0.2) is 4.39 Å². The summed E-state index contributed by atoms with van der Waals surface area (Å²) >= 11 is 0. The second-order valence-corrected chi connectivity index (χ2v) is 7.98. The Morgan fingerprint density at radius 2 is 1.89 bits per heavy atom. The number of benzene rings is 2. The van der Waals surface area contributed by atoms with Crippen LogP contribution in [0.5, 0.6) is 5.75 Å². The number of piperazine rings is 1. The van der Waals surface area contributed by atoms with Crippen molar-refractivity contribution in [2.45, 2.75) is 6.61 Å². The van der Waals surface area contributed by atoms with Gasteiger partial charge in [-0.2, -0.15) is 10.2 Å². The van der Waals surface area contributed by atoms with Gasteiger partial charge in [0.2, 0.25) is 11.6 Å². The molecular formula is C26H21FN4O4. The van der Waals surface area contributed by atoms with Crippen LogP contribution in [0.25, 0.3) is 11.7 Å². The number of furan rings is 1. The van der Waals surface area contributed by atoms with E-state index in [1.165, 1.54) is 18.4 Å². The van der Waals surface area contributed by atoms with Crippen LogP contribution >= 0.6 is 0 Å². The summed E-state index contributed by atoms with van der Waals surface area (Å²) in [5.41, 5.74) is 1.54. The molecule has 9 heteroatoms. The van der Waals surface area contributed by atoms with Crippen LogP contribution in [0.4, 0.5) is 10.3 Å². The number of ether oxygens (including phenoxy) is 1. The van der Waals surface area contributed by atoms with E-state index in [9.17, 15) is 14.4 Å². The molecule has 4 aromatic rings. The van der Waals surface area contributed by atoms with Crippen LogP contribution in [0.1, 0.15) is 21.6 Å². The standard InChI is InChI=1S/C26H21FN4O4/c27-20-8-6-18(7-9-20)17-34-21-4-1-3-19(15-21)25(32)30-10-12-31(13-11-30)26-22(16-28)29-24(35-26)23-5-2-14-33-23/h1-9,14-15H,10-13,17H2. The predicted octanol–water partition coefficient (Wildman–Crippen LogP) is 4.49. The number of nitriles is 1. The molecule has 0 saturated carbocycles. The molecule has 0 spiro atoms. The van der Waals surface area contributed by atoms with E-state index in [2.05, 4.69) is 11.1 Å². The van der Waals surface area contributed by atoms with Gasteiger partial charge >= 0.3 is 0 Å². The molecule has 0 unspecified atom stereocenters. The van der Waals surface area contributed by atoms with Crippen molar-refractivity contribution in [1.82, 2.24) is 9.88 Å². The Bertz CT molecular complexity index is 1350. The largest absolute Gasteiger partial charge is 0.489 e. The second kappa shape index (κ2) is 9.73. The van der Waals surface area contributed by atoms with Crippen molar-refractivity contribution in [3.05, 3.63) is 89.6 Å². The third-order valence-electron chi connectivity index (χ3n) is 5.70. The summed E-state index contributed by atoms with van der Waals surface area (Å²) in [6, 6.07) is 18.6. The van der Waals surface area contributed by atoms with E-state index in [0.29, 0.717) is 49.1 Å². The van der Waals surface area contributed by atoms with E-state index in [4.69, 9.17) is 13.6 Å². The molecule has 1 saturated heterocycles. The van der Waals surface area contributed by atoms with Crippen molar-refractivity contribution < 1.29 is 22.8 Å². The summed E-state index contributed by atoms with van der Waals surface area (Å²) in [7, 11) is 0. The minimum absolute atomic E-state index is 0.105. The minimum atomic E-state index is -0.299. The first-order chi connectivity index (χ1) is 17.1. The van der Waals surface area contributed by atoms with Gasteiger partial charge in [0.05, 0.1) is 6.26 Å². The first-order valence-corrected chi connectivity index (χ1v) is 11.1. The number of aromatic nitrogens is 1. The first-order valence-electron chi connectivity index (χ1n) is 11.1. The number of carbonyl (C=O) groups is 1. The zero-order chi connectivity index (χ0) is 24.2. The summed E-state index contributed by atoms with van der Waals surface area (Å²) in [6.07, 6.45) is 1.51. The van der Waals surface area contributed by atoms with Crippen LogP contribution < -0.4 is 9.64 Å². The fraction of sp³-hybridized carbons (Fsp3) is 0.192. The van der Waals surface area contributed by atoms with Crippen molar-refractivity contribution in [1.29, 1.82) is 5.26 Å². The topological polar surface area (TPSA) is 95.7 Å². The molecule has 1 amide bonds. The Kier molecular flexibility index (Phi) is 6.18. The van der Waals surface area contributed by atoms with Gasteiger partial charge < -0.3 is 23.4 Å². The Balaban J connectivity index is 1.21. The van der Waals surface area contributed by atoms with Gasteiger partial charge in [-0.1, -0.05) is 18.2 Å². The Labute approximate surface area is 200 Å². The van der Waals surface area contributed by atoms with Crippen molar-refractivity contribution in [3.63, 3.8) is 0 Å². The molecule has 176 valence electrons. The van der Waals surface area contributed by atoms with Gasteiger partial charge in [-0.15, -0.1) is 0 Å². The van der Waals surface area contributed by atoms with Crippen LogP contribution in [0.15, 0.2) is 75.8 Å². The highest BCUT2D eigenvalue weighted by Gasteiger charge is 2.27. The summed E-state index contributed by atoms with van der Waals surface area (Å²) < 4.78 is 30.0. The normalized spacial score (nSPS) is 13.5. The molecular weight excluding hydrogens is 451 g/mol. The van der Waals surface area contributed by atoms with Crippen LogP contribution in [-0.4, -0.2) is 42.0 Å². The molecule has 2 aromatic carbocycles. The molecule has 1 aliphatic rings. The molecule has 2 aromatic heterocycles. The summed E-state index contributed by atoms with van der Waals surface area (Å²) in [6.45, 7) is 2.18. The van der Waals surface area contributed by atoms with Crippen molar-refractivity contribution in [2.75, 3.05) is 31.1 Å². The summed E-state index contributed by atoms with van der Waals surface area (Å²) in [5.74, 6) is 1.23. The average Bonchev–Trinajstić information content (AvgIpc) is 3.58. The molecule has 1 aliphatic heterocycles. The fourth-order valence-electron chi connectivity index (χ4n) is 3.87. The van der Waals surface area contributed by atoms with Crippen LogP contribution in [0, 0.1) is 17.1 Å². The highest BCUT2D eigenvalue weighted by atomic mass is 19.1. The molecule has 0 N–H and O–H groups in total. The number of oxazole rings is 1. The van der Waals surface area contributed by atoms with Gasteiger partial charge in [0.1, 0.15) is 24.2 Å². The molecule has 0 radical (unpaired) electrons. The zero-order valence-corrected chi connectivity index (χ0v) is 18.7. The van der Waals surface area contributed by atoms with Crippen molar-refractivity contribution in [2.24, 2.45) is 0 Å². The van der Waals surface area contributed by atoms with Crippen molar-refractivity contribution in [3.8, 4) is 23.5 Å². The Morgan fingerprint density at radius 3 is 2.60 bits per heavy atom. The Hall–Kier alpha value is -4.58. The lowest BCUT2D eigenvalue weighted by Crippen LogP contribution is -2.48. The third kappa shape index (κ3) is 4.87. The number of hydrogen-bond acceptors (Lipinski definition) is 7. The highest BCUT2D eigenvalue weighted by Crippen LogP contribution is 2.29. The Morgan fingerprint density at radius 1 is 1.09 bits per heavy atom. The van der Waals surface area contributed by atoms with E-state index in [-0.39, 0.29) is 29.9 Å². The van der Waals surface area contributed by atoms with Crippen LogP contribution in [0.3, 0.4) is 0 Å². The van der Waals surface area contributed by atoms with Gasteiger partial charge in [0.25, 0.3) is 11.8 Å². The highest BCUT2D eigenvalue weighted by molar-refractivity contribution is 5.94. The van der Waals surface area contributed by atoms with Gasteiger partial charge in [0.15, 0.2) is 5.76 Å². The molecule has 5 rings (SSSR count). The maximum atomic E-state index is 13.1.